The summed E-state index contributed by atoms with van der Waals surface area (Å²) in [5, 5.41) is 18.9. The van der Waals surface area contributed by atoms with E-state index in [1.807, 2.05) is 0 Å². The maximum Gasteiger partial charge on any atom is 0.432 e. The molecule has 1 aromatic carbocycles. The van der Waals surface area contributed by atoms with Crippen molar-refractivity contribution in [2.45, 2.75) is 38.8 Å². The zero-order valence-electron chi connectivity index (χ0n) is 16.6. The second-order valence-corrected chi connectivity index (χ2v) is 7.12. The summed E-state index contributed by atoms with van der Waals surface area (Å²) in [6.45, 7) is 3.34. The Labute approximate surface area is 177 Å². The minimum Gasteiger partial charge on any atom is -0.478 e. The number of nitrogens with one attached hydrogen (secondary N) is 1. The summed E-state index contributed by atoms with van der Waals surface area (Å²) in [5.41, 5.74) is -8.13. The van der Waals surface area contributed by atoms with Gasteiger partial charge in [-0.25, -0.2) is 14.4 Å². The van der Waals surface area contributed by atoms with Crippen LogP contribution in [0.4, 0.5) is 13.2 Å². The molecule has 0 saturated heterocycles. The molecule has 0 bridgehead atoms. The van der Waals surface area contributed by atoms with Gasteiger partial charge in [0.15, 0.2) is 0 Å². The smallest absolute Gasteiger partial charge is 0.432 e. The van der Waals surface area contributed by atoms with Crippen LogP contribution in [0.5, 0.6) is 0 Å². The predicted octanol–water partition coefficient (Wildman–Crippen LogP) is 3.71. The van der Waals surface area contributed by atoms with Gasteiger partial charge in [0.05, 0.1) is 21.7 Å². The summed E-state index contributed by atoms with van der Waals surface area (Å²) in [5.74, 6) is -3.93. The van der Waals surface area contributed by atoms with E-state index in [1.165, 1.54) is 0 Å². The molecule has 8 nitrogen and oxygen atoms in total. The number of benzene rings is 1. The van der Waals surface area contributed by atoms with E-state index in [9.17, 15) is 42.6 Å². The van der Waals surface area contributed by atoms with E-state index in [4.69, 9.17) is 11.6 Å². The molecule has 2 aromatic rings. The first kappa shape index (κ1) is 24.2. The lowest BCUT2D eigenvalue weighted by Gasteiger charge is -2.23. The molecule has 12 heteroatoms. The van der Waals surface area contributed by atoms with Crippen molar-refractivity contribution in [2.24, 2.45) is 7.05 Å². The number of carboxylic acids is 2. The van der Waals surface area contributed by atoms with Gasteiger partial charge in [0.25, 0.3) is 5.56 Å². The Morgan fingerprint density at radius 3 is 2.13 bits per heavy atom. The summed E-state index contributed by atoms with van der Waals surface area (Å²) in [6, 6.07) is 0.615. The molecule has 0 atom stereocenters. The van der Waals surface area contributed by atoms with Crippen molar-refractivity contribution >= 4 is 23.5 Å². The van der Waals surface area contributed by atoms with Gasteiger partial charge >= 0.3 is 23.8 Å². The van der Waals surface area contributed by atoms with Gasteiger partial charge in [-0.3, -0.25) is 14.3 Å². The number of aromatic amines is 1. The number of carbonyl (C=O) groups is 2. The van der Waals surface area contributed by atoms with Gasteiger partial charge in [-0.15, -0.1) is 0 Å². The van der Waals surface area contributed by atoms with Crippen molar-refractivity contribution in [2.75, 3.05) is 0 Å². The highest BCUT2D eigenvalue weighted by atomic mass is 35.5. The van der Waals surface area contributed by atoms with E-state index in [2.05, 4.69) is 0 Å². The average Bonchev–Trinajstić information content (AvgIpc) is 2.64. The number of alkyl halides is 3. The summed E-state index contributed by atoms with van der Waals surface area (Å²) < 4.78 is 41.6. The third kappa shape index (κ3) is 4.22. The summed E-state index contributed by atoms with van der Waals surface area (Å²) in [4.78, 5) is 49.8. The number of rotatable bonds is 6. The van der Waals surface area contributed by atoms with Gasteiger partial charge in [-0.1, -0.05) is 25.4 Å². The standard InChI is InChI=1S/C19H18ClF3N2O6/c1-4-7(5-2)10-11(17(29)30)8(6-9(13(10)20)16(27)28)12-14(19(21,22)23)25(3)18(31)24-15(12)26/h6-7H,4-5H2,1-3H3,(H,27,28)(H,29,30)(H,24,26,31). The predicted molar refractivity (Wildman–Crippen MR) is 105 cm³/mol. The molecule has 2 rings (SSSR count). The number of halogens is 4. The summed E-state index contributed by atoms with van der Waals surface area (Å²) >= 11 is 6.18. The Hall–Kier alpha value is -3.08. The maximum absolute atomic E-state index is 13.8. The molecule has 3 N–H and O–H groups in total. The van der Waals surface area contributed by atoms with Crippen LogP contribution in [0.3, 0.4) is 0 Å². The molecular weight excluding hydrogens is 445 g/mol. The van der Waals surface area contributed by atoms with Crippen molar-refractivity contribution in [3.63, 3.8) is 0 Å². The number of hydrogen-bond acceptors (Lipinski definition) is 4. The number of hydrogen-bond donors (Lipinski definition) is 3. The Bertz CT molecular complexity index is 1180. The highest BCUT2D eigenvalue weighted by molar-refractivity contribution is 6.35. The Morgan fingerprint density at radius 1 is 1.16 bits per heavy atom. The van der Waals surface area contributed by atoms with Crippen LogP contribution in [0, 0.1) is 0 Å². The second-order valence-electron chi connectivity index (χ2n) is 6.74. The number of nitrogens with zero attached hydrogens (tertiary/aromatic N) is 1. The Kier molecular flexibility index (Phi) is 6.69. The molecule has 0 spiro atoms. The molecule has 0 aliphatic rings. The van der Waals surface area contributed by atoms with Crippen molar-refractivity contribution < 1.29 is 33.0 Å². The monoisotopic (exact) mass is 462 g/mol. The van der Waals surface area contributed by atoms with Crippen LogP contribution in [0.15, 0.2) is 15.7 Å². The van der Waals surface area contributed by atoms with Crippen LogP contribution in [0.2, 0.25) is 5.02 Å². The van der Waals surface area contributed by atoms with Crippen LogP contribution in [0.25, 0.3) is 11.1 Å². The average molecular weight is 463 g/mol. The van der Waals surface area contributed by atoms with E-state index in [0.29, 0.717) is 18.9 Å². The lowest BCUT2D eigenvalue weighted by molar-refractivity contribution is -0.143. The van der Waals surface area contributed by atoms with Crippen molar-refractivity contribution in [1.82, 2.24) is 9.55 Å². The highest BCUT2D eigenvalue weighted by Gasteiger charge is 2.40. The fraction of sp³-hybridized carbons (Fsp3) is 0.368. The lowest BCUT2D eigenvalue weighted by atomic mass is 9.84. The fourth-order valence-corrected chi connectivity index (χ4v) is 3.93. The molecule has 0 aliphatic heterocycles. The molecule has 0 unspecified atom stereocenters. The zero-order chi connectivity index (χ0) is 23.8. The third-order valence-corrected chi connectivity index (χ3v) is 5.41. The highest BCUT2D eigenvalue weighted by Crippen LogP contribution is 2.42. The van der Waals surface area contributed by atoms with Gasteiger partial charge in [0.1, 0.15) is 5.69 Å². The van der Waals surface area contributed by atoms with Gasteiger partial charge in [0.2, 0.25) is 0 Å². The Morgan fingerprint density at radius 2 is 1.71 bits per heavy atom. The number of aromatic carboxylic acids is 2. The molecule has 0 aliphatic carbocycles. The second kappa shape index (κ2) is 8.58. The molecule has 0 radical (unpaired) electrons. The van der Waals surface area contributed by atoms with Crippen molar-refractivity contribution in [1.29, 1.82) is 0 Å². The summed E-state index contributed by atoms with van der Waals surface area (Å²) in [7, 11) is 0.751. The Balaban J connectivity index is 3.27. The molecule has 168 valence electrons. The molecule has 0 fully saturated rings. The first-order valence-corrected chi connectivity index (χ1v) is 9.39. The van der Waals surface area contributed by atoms with Crippen LogP contribution >= 0.6 is 11.6 Å². The normalized spacial score (nSPS) is 11.7. The number of aromatic nitrogens is 2. The molecule has 31 heavy (non-hydrogen) atoms. The minimum absolute atomic E-state index is 0.119. The molecule has 0 saturated carbocycles. The van der Waals surface area contributed by atoms with Gasteiger partial charge < -0.3 is 10.2 Å². The van der Waals surface area contributed by atoms with Gasteiger partial charge in [0, 0.05) is 12.6 Å². The lowest BCUT2D eigenvalue weighted by Crippen LogP contribution is -2.36. The van der Waals surface area contributed by atoms with E-state index in [1.54, 1.807) is 18.8 Å². The van der Waals surface area contributed by atoms with E-state index < -0.39 is 68.3 Å². The largest absolute Gasteiger partial charge is 0.478 e. The third-order valence-electron chi connectivity index (χ3n) is 5.00. The topological polar surface area (TPSA) is 129 Å². The summed E-state index contributed by atoms with van der Waals surface area (Å²) in [6.07, 6.45) is -4.63. The molecule has 0 amide bonds. The SMILES string of the molecule is CCC(CC)c1c(Cl)c(C(=O)O)cc(-c2c(C(F)(F)F)n(C)c(=O)[nH]c2=O)c1C(=O)O. The van der Waals surface area contributed by atoms with E-state index in [0.717, 1.165) is 7.05 Å². The van der Waals surface area contributed by atoms with Crippen LogP contribution in [-0.2, 0) is 13.2 Å². The number of H-pyrrole nitrogens is 1. The van der Waals surface area contributed by atoms with Crippen LogP contribution in [-0.4, -0.2) is 31.7 Å². The van der Waals surface area contributed by atoms with Crippen LogP contribution in [0.1, 0.15) is 64.6 Å². The maximum atomic E-state index is 13.8. The quantitative estimate of drug-likeness (QED) is 0.600. The van der Waals surface area contributed by atoms with Crippen LogP contribution < -0.4 is 11.2 Å². The van der Waals surface area contributed by atoms with E-state index >= 15 is 0 Å². The zero-order valence-corrected chi connectivity index (χ0v) is 17.3. The first-order chi connectivity index (χ1) is 14.3. The van der Waals surface area contributed by atoms with Gasteiger partial charge in [-0.05, 0) is 30.4 Å². The molecule has 1 aromatic heterocycles. The fourth-order valence-electron chi connectivity index (χ4n) is 3.55. The van der Waals surface area contributed by atoms with Gasteiger partial charge in [-0.2, -0.15) is 13.2 Å². The van der Waals surface area contributed by atoms with Crippen molar-refractivity contribution in [3.8, 4) is 11.1 Å². The van der Waals surface area contributed by atoms with Crippen molar-refractivity contribution in [3.05, 3.63) is 54.3 Å². The molecular formula is C19H18ClF3N2O6. The molecule has 1 heterocycles. The minimum atomic E-state index is -5.23. The first-order valence-electron chi connectivity index (χ1n) is 9.01. The number of carboxylic acid groups (broad SMARTS) is 2. The van der Waals surface area contributed by atoms with E-state index in [-0.39, 0.29) is 10.1 Å².